The highest BCUT2D eigenvalue weighted by Gasteiger charge is 2.14. The lowest BCUT2D eigenvalue weighted by Crippen LogP contribution is -1.95. The Morgan fingerprint density at radius 3 is 2.55 bits per heavy atom. The first-order chi connectivity index (χ1) is 10.8. The number of fused-ring (bicyclic) bond motifs is 1. The van der Waals surface area contributed by atoms with Crippen molar-refractivity contribution in [2.75, 3.05) is 0 Å². The number of imidazole rings is 1. The van der Waals surface area contributed by atoms with Crippen molar-refractivity contribution < 1.29 is 4.39 Å². The largest absolute Gasteiger partial charge is 0.328 e. The van der Waals surface area contributed by atoms with Crippen molar-refractivity contribution >= 4 is 11.3 Å². The fourth-order valence-electron chi connectivity index (χ4n) is 2.32. The minimum atomic E-state index is -0.315. The Bertz CT molecular complexity index is 949. The highest BCUT2D eigenvalue weighted by molar-refractivity contribution is 5.83. The van der Waals surface area contributed by atoms with E-state index < -0.39 is 0 Å². The van der Waals surface area contributed by atoms with E-state index in [0.29, 0.717) is 28.2 Å². The van der Waals surface area contributed by atoms with Crippen LogP contribution in [0.25, 0.3) is 33.8 Å². The quantitative estimate of drug-likeness (QED) is 0.615. The van der Waals surface area contributed by atoms with E-state index >= 15 is 0 Å². The Labute approximate surface area is 124 Å². The number of benzene rings is 1. The van der Waals surface area contributed by atoms with Gasteiger partial charge >= 0.3 is 0 Å². The molecule has 0 bridgehead atoms. The van der Waals surface area contributed by atoms with Crippen LogP contribution in [-0.2, 0) is 0 Å². The molecule has 1 aromatic carbocycles. The number of rotatable bonds is 2. The van der Waals surface area contributed by atoms with Gasteiger partial charge in [-0.3, -0.25) is 4.98 Å². The number of nitrogens with one attached hydrogen (secondary N) is 1. The molecule has 0 fully saturated rings. The molecule has 3 aromatic heterocycles. The molecule has 4 aromatic rings. The number of hydrogen-bond acceptors (Lipinski definition) is 4. The van der Waals surface area contributed by atoms with E-state index in [1.807, 2.05) is 12.1 Å². The van der Waals surface area contributed by atoms with Crippen LogP contribution in [0.15, 0.2) is 55.1 Å². The van der Waals surface area contributed by atoms with Crippen molar-refractivity contribution in [3.8, 4) is 22.5 Å². The van der Waals surface area contributed by atoms with Gasteiger partial charge in [0.25, 0.3) is 0 Å². The lowest BCUT2D eigenvalue weighted by Gasteiger charge is -2.08. The Balaban J connectivity index is 2.03. The summed E-state index contributed by atoms with van der Waals surface area (Å²) in [5, 5.41) is 0. The van der Waals surface area contributed by atoms with Crippen molar-refractivity contribution in [2.45, 2.75) is 0 Å². The van der Waals surface area contributed by atoms with Crippen molar-refractivity contribution in [1.29, 1.82) is 0 Å². The number of hydrogen-bond donors (Lipinski definition) is 1. The fraction of sp³-hybridized carbons (Fsp3) is 0. The zero-order chi connectivity index (χ0) is 14.9. The van der Waals surface area contributed by atoms with Crippen LogP contribution >= 0.6 is 0 Å². The maximum Gasteiger partial charge on any atom is 0.197 e. The molecule has 0 spiro atoms. The zero-order valence-corrected chi connectivity index (χ0v) is 11.4. The second-order valence-electron chi connectivity index (χ2n) is 4.74. The topological polar surface area (TPSA) is 67.3 Å². The number of halogens is 1. The summed E-state index contributed by atoms with van der Waals surface area (Å²) in [7, 11) is 0. The van der Waals surface area contributed by atoms with Crippen molar-refractivity contribution in [3.63, 3.8) is 0 Å². The first kappa shape index (κ1) is 12.6. The van der Waals surface area contributed by atoms with Gasteiger partial charge in [0.05, 0.1) is 17.7 Å². The Hall–Kier alpha value is -3.15. The van der Waals surface area contributed by atoms with Crippen molar-refractivity contribution in [3.05, 3.63) is 60.9 Å². The molecule has 0 saturated heterocycles. The second kappa shape index (κ2) is 5.00. The van der Waals surface area contributed by atoms with Gasteiger partial charge in [-0.05, 0) is 24.3 Å². The van der Waals surface area contributed by atoms with Crippen LogP contribution in [0.5, 0.6) is 0 Å². The molecule has 0 radical (unpaired) electrons. The average Bonchev–Trinajstić information content (AvgIpc) is 3.02. The molecule has 0 aliphatic carbocycles. The molecular weight excluding hydrogens is 281 g/mol. The molecule has 0 aliphatic rings. The molecule has 0 aliphatic heterocycles. The molecule has 3 heterocycles. The van der Waals surface area contributed by atoms with Gasteiger partial charge in [0, 0.05) is 23.5 Å². The number of nitrogens with zero attached hydrogens (tertiary/aromatic N) is 4. The van der Waals surface area contributed by atoms with Gasteiger partial charge in [-0.1, -0.05) is 12.1 Å². The highest BCUT2D eigenvalue weighted by Crippen LogP contribution is 2.30. The van der Waals surface area contributed by atoms with Crippen LogP contribution in [0.3, 0.4) is 0 Å². The van der Waals surface area contributed by atoms with Gasteiger partial charge in [-0.2, -0.15) is 0 Å². The molecule has 106 valence electrons. The molecule has 22 heavy (non-hydrogen) atoms. The van der Waals surface area contributed by atoms with E-state index in [2.05, 4.69) is 24.9 Å². The first-order valence-corrected chi connectivity index (χ1v) is 6.69. The molecule has 4 rings (SSSR count). The van der Waals surface area contributed by atoms with E-state index in [4.69, 9.17) is 0 Å². The summed E-state index contributed by atoms with van der Waals surface area (Å²) >= 11 is 0. The first-order valence-electron chi connectivity index (χ1n) is 6.69. The summed E-state index contributed by atoms with van der Waals surface area (Å²) in [4.78, 5) is 20.2. The minimum absolute atomic E-state index is 0.315. The van der Waals surface area contributed by atoms with E-state index in [-0.39, 0.29) is 5.82 Å². The second-order valence-corrected chi connectivity index (χ2v) is 4.74. The van der Waals surface area contributed by atoms with Gasteiger partial charge < -0.3 is 4.98 Å². The average molecular weight is 291 g/mol. The SMILES string of the molecule is Fc1cccc(-c2nc3[nH]cnc3nc2-c2ccncc2)c1. The normalized spacial score (nSPS) is 11.0. The smallest absolute Gasteiger partial charge is 0.197 e. The van der Waals surface area contributed by atoms with Gasteiger partial charge in [0.15, 0.2) is 11.3 Å². The monoisotopic (exact) mass is 291 g/mol. The van der Waals surface area contributed by atoms with Crippen LogP contribution in [0.2, 0.25) is 0 Å². The summed E-state index contributed by atoms with van der Waals surface area (Å²) in [5.74, 6) is -0.315. The van der Waals surface area contributed by atoms with Gasteiger partial charge in [0.1, 0.15) is 5.82 Å². The van der Waals surface area contributed by atoms with Crippen LogP contribution in [0.4, 0.5) is 4.39 Å². The predicted molar refractivity (Wildman–Crippen MR) is 80.3 cm³/mol. The van der Waals surface area contributed by atoms with Crippen molar-refractivity contribution in [1.82, 2.24) is 24.9 Å². The predicted octanol–water partition coefficient (Wildman–Crippen LogP) is 3.22. The van der Waals surface area contributed by atoms with Crippen LogP contribution < -0.4 is 0 Å². The van der Waals surface area contributed by atoms with E-state index in [9.17, 15) is 4.39 Å². The number of pyridine rings is 1. The van der Waals surface area contributed by atoms with Gasteiger partial charge in [-0.15, -0.1) is 0 Å². The van der Waals surface area contributed by atoms with E-state index in [1.54, 1.807) is 24.5 Å². The lowest BCUT2D eigenvalue weighted by atomic mass is 10.0. The summed E-state index contributed by atoms with van der Waals surface area (Å²) in [6.45, 7) is 0. The maximum atomic E-state index is 13.6. The zero-order valence-electron chi connectivity index (χ0n) is 11.4. The molecule has 5 nitrogen and oxygen atoms in total. The molecule has 0 saturated carbocycles. The Kier molecular flexibility index (Phi) is 2.86. The van der Waals surface area contributed by atoms with Crippen molar-refractivity contribution in [2.24, 2.45) is 0 Å². The van der Waals surface area contributed by atoms with E-state index in [0.717, 1.165) is 5.56 Å². The van der Waals surface area contributed by atoms with Crippen LogP contribution in [0.1, 0.15) is 0 Å². The number of aromatic amines is 1. The number of H-pyrrole nitrogens is 1. The van der Waals surface area contributed by atoms with Gasteiger partial charge in [-0.25, -0.2) is 19.3 Å². The summed E-state index contributed by atoms with van der Waals surface area (Å²) in [6, 6.07) is 9.98. The lowest BCUT2D eigenvalue weighted by molar-refractivity contribution is 0.628. The minimum Gasteiger partial charge on any atom is -0.328 e. The fourth-order valence-corrected chi connectivity index (χ4v) is 2.32. The molecule has 0 atom stereocenters. The summed E-state index contributed by atoms with van der Waals surface area (Å²) < 4.78 is 13.6. The molecule has 6 heteroatoms. The molecule has 0 amide bonds. The van der Waals surface area contributed by atoms with Gasteiger partial charge in [0.2, 0.25) is 0 Å². The maximum absolute atomic E-state index is 13.6. The van der Waals surface area contributed by atoms with Crippen LogP contribution in [-0.4, -0.2) is 24.9 Å². The molecule has 0 unspecified atom stereocenters. The summed E-state index contributed by atoms with van der Waals surface area (Å²) in [5.41, 5.74) is 3.85. The third kappa shape index (κ3) is 2.10. The standard InChI is InChI=1S/C16H10FN5/c17-12-3-1-2-11(8-12)14-13(10-4-6-18-7-5-10)21-15-16(22-14)20-9-19-15/h1-9H,(H,19,20,21,22). The highest BCUT2D eigenvalue weighted by atomic mass is 19.1. The van der Waals surface area contributed by atoms with Crippen LogP contribution in [0, 0.1) is 5.82 Å². The molecule has 1 N–H and O–H groups in total. The Morgan fingerprint density at radius 1 is 0.909 bits per heavy atom. The van der Waals surface area contributed by atoms with E-state index in [1.165, 1.54) is 18.5 Å². The third-order valence-electron chi connectivity index (χ3n) is 3.32. The molecular formula is C16H10FN5. The Morgan fingerprint density at radius 2 is 1.73 bits per heavy atom. The summed E-state index contributed by atoms with van der Waals surface area (Å²) in [6.07, 6.45) is 4.90. The third-order valence-corrected chi connectivity index (χ3v) is 3.32. The number of aromatic nitrogens is 5.